The second kappa shape index (κ2) is 6.63. The molecule has 2 aliphatic heterocycles. The molecule has 1 aromatic carbocycles. The maximum absolute atomic E-state index is 11.2. The van der Waals surface area contributed by atoms with Crippen LogP contribution in [0.25, 0.3) is 0 Å². The third-order valence-corrected chi connectivity index (χ3v) is 6.08. The first kappa shape index (κ1) is 19.0. The van der Waals surface area contributed by atoms with Crippen LogP contribution in [0, 0.1) is 0 Å². The zero-order chi connectivity index (χ0) is 20.1. The highest BCUT2D eigenvalue weighted by Crippen LogP contribution is 2.36. The van der Waals surface area contributed by atoms with Crippen LogP contribution in [0.4, 0.5) is 4.79 Å². The largest absolute Gasteiger partial charge is 0.498 e. The van der Waals surface area contributed by atoms with E-state index < -0.39 is 13.2 Å². The van der Waals surface area contributed by atoms with Crippen molar-refractivity contribution in [2.75, 3.05) is 6.54 Å². The number of benzene rings is 1. The molecular formula is C20H26BN3O4. The van der Waals surface area contributed by atoms with E-state index >= 15 is 0 Å². The van der Waals surface area contributed by atoms with Crippen molar-refractivity contribution >= 4 is 18.7 Å². The Balaban J connectivity index is 1.46. The van der Waals surface area contributed by atoms with Crippen molar-refractivity contribution in [3.8, 4) is 0 Å². The predicted octanol–water partition coefficient (Wildman–Crippen LogP) is 2.27. The van der Waals surface area contributed by atoms with Crippen LogP contribution in [0.2, 0.25) is 0 Å². The Hall–Kier alpha value is -2.32. The minimum absolute atomic E-state index is 0.373. The molecule has 2 aromatic rings. The molecular weight excluding hydrogens is 357 g/mol. The molecule has 8 heteroatoms. The zero-order valence-corrected chi connectivity index (χ0v) is 16.8. The summed E-state index contributed by atoms with van der Waals surface area (Å²) in [4.78, 5) is 12.6. The molecule has 1 amide bonds. The van der Waals surface area contributed by atoms with Crippen molar-refractivity contribution in [1.29, 1.82) is 0 Å². The normalized spacial score (nSPS) is 20.3. The molecule has 1 aromatic heterocycles. The van der Waals surface area contributed by atoms with Gasteiger partial charge in [0.25, 0.3) is 0 Å². The summed E-state index contributed by atoms with van der Waals surface area (Å²) in [5.74, 6) is 0. The summed E-state index contributed by atoms with van der Waals surface area (Å²) in [6.07, 6.45) is 3.65. The van der Waals surface area contributed by atoms with Gasteiger partial charge in [-0.2, -0.15) is 5.10 Å². The van der Waals surface area contributed by atoms with Gasteiger partial charge in [0.2, 0.25) is 0 Å². The summed E-state index contributed by atoms with van der Waals surface area (Å²) in [5, 5.41) is 13.6. The van der Waals surface area contributed by atoms with Gasteiger partial charge in [-0.1, -0.05) is 18.2 Å². The standard InChI is InChI=1S/C20H26BN3O4/c1-19(2)20(3,4)28-21(27-19)17-10-22-24(13-17)11-14-5-6-16-12-23(18(25)26)8-7-15(16)9-14/h5-6,9-10,13H,7-8,11-12H2,1-4H3,(H,25,26). The number of amides is 1. The maximum Gasteiger partial charge on any atom is 0.498 e. The lowest BCUT2D eigenvalue weighted by atomic mass is 9.82. The molecule has 148 valence electrons. The number of hydrogen-bond acceptors (Lipinski definition) is 4. The van der Waals surface area contributed by atoms with Crippen molar-refractivity contribution < 1.29 is 19.2 Å². The van der Waals surface area contributed by atoms with E-state index in [2.05, 4.69) is 11.2 Å². The number of aromatic nitrogens is 2. The van der Waals surface area contributed by atoms with Gasteiger partial charge >= 0.3 is 13.2 Å². The molecule has 0 spiro atoms. The summed E-state index contributed by atoms with van der Waals surface area (Å²) >= 11 is 0. The highest BCUT2D eigenvalue weighted by Gasteiger charge is 2.52. The number of hydrogen-bond donors (Lipinski definition) is 1. The molecule has 1 N–H and O–H groups in total. The van der Waals surface area contributed by atoms with Gasteiger partial charge in [0.15, 0.2) is 0 Å². The summed E-state index contributed by atoms with van der Waals surface area (Å²) in [6.45, 7) is 9.80. The molecule has 0 aliphatic carbocycles. The van der Waals surface area contributed by atoms with E-state index in [0.717, 1.165) is 23.0 Å². The van der Waals surface area contributed by atoms with Crippen molar-refractivity contribution in [3.63, 3.8) is 0 Å². The lowest BCUT2D eigenvalue weighted by molar-refractivity contribution is 0.00578. The molecule has 3 heterocycles. The molecule has 7 nitrogen and oxygen atoms in total. The number of carbonyl (C=O) groups is 1. The SMILES string of the molecule is CC1(C)OB(c2cnn(Cc3ccc4c(c3)CCN(C(=O)O)C4)c2)OC1(C)C. The van der Waals surface area contributed by atoms with Crippen LogP contribution < -0.4 is 5.46 Å². The first-order valence-electron chi connectivity index (χ1n) is 9.61. The van der Waals surface area contributed by atoms with E-state index in [-0.39, 0.29) is 11.2 Å². The monoisotopic (exact) mass is 383 g/mol. The molecule has 4 rings (SSSR count). The van der Waals surface area contributed by atoms with Gasteiger partial charge in [0, 0.05) is 30.9 Å². The van der Waals surface area contributed by atoms with Gasteiger partial charge in [0.05, 0.1) is 17.7 Å². The van der Waals surface area contributed by atoms with E-state index in [1.54, 1.807) is 6.20 Å². The van der Waals surface area contributed by atoms with Crippen molar-refractivity contribution in [2.24, 2.45) is 0 Å². The topological polar surface area (TPSA) is 76.8 Å². The molecule has 1 saturated heterocycles. The van der Waals surface area contributed by atoms with E-state index in [0.29, 0.717) is 19.6 Å². The molecule has 0 bridgehead atoms. The van der Waals surface area contributed by atoms with Crippen molar-refractivity contribution in [2.45, 2.75) is 58.4 Å². The number of rotatable bonds is 3. The fourth-order valence-electron chi connectivity index (χ4n) is 3.62. The Bertz CT molecular complexity index is 893. The molecule has 0 atom stereocenters. The average Bonchev–Trinajstić information content (AvgIpc) is 3.16. The minimum atomic E-state index is -0.860. The summed E-state index contributed by atoms with van der Waals surface area (Å²) in [7, 11) is -0.413. The van der Waals surface area contributed by atoms with Gasteiger partial charge < -0.3 is 19.3 Å². The Morgan fingerprint density at radius 2 is 1.93 bits per heavy atom. The fourth-order valence-corrected chi connectivity index (χ4v) is 3.62. The second-order valence-corrected chi connectivity index (χ2v) is 8.62. The van der Waals surface area contributed by atoms with Crippen molar-refractivity contribution in [3.05, 3.63) is 47.3 Å². The Labute approximate surface area is 165 Å². The summed E-state index contributed by atoms with van der Waals surface area (Å²) in [5.41, 5.74) is 3.61. The van der Waals surface area contributed by atoms with Crippen LogP contribution >= 0.6 is 0 Å². The van der Waals surface area contributed by atoms with Gasteiger partial charge in [0.1, 0.15) is 0 Å². The Kier molecular flexibility index (Phi) is 4.51. The quantitative estimate of drug-likeness (QED) is 0.823. The Morgan fingerprint density at radius 1 is 1.21 bits per heavy atom. The lowest BCUT2D eigenvalue weighted by Gasteiger charge is -2.32. The minimum Gasteiger partial charge on any atom is -0.465 e. The Morgan fingerprint density at radius 3 is 2.61 bits per heavy atom. The van der Waals surface area contributed by atoms with Crippen molar-refractivity contribution in [1.82, 2.24) is 14.7 Å². The molecule has 1 fully saturated rings. The number of nitrogens with zero attached hydrogens (tertiary/aromatic N) is 3. The van der Waals surface area contributed by atoms with Crippen LogP contribution in [0.5, 0.6) is 0 Å². The third kappa shape index (κ3) is 3.42. The van der Waals surface area contributed by atoms with Crippen LogP contribution in [0.3, 0.4) is 0 Å². The zero-order valence-electron chi connectivity index (χ0n) is 16.8. The van der Waals surface area contributed by atoms with Crippen LogP contribution in [0.15, 0.2) is 30.6 Å². The summed E-state index contributed by atoms with van der Waals surface area (Å²) < 4.78 is 14.1. The van der Waals surface area contributed by atoms with Gasteiger partial charge in [-0.3, -0.25) is 4.68 Å². The second-order valence-electron chi connectivity index (χ2n) is 8.62. The predicted molar refractivity (Wildman–Crippen MR) is 106 cm³/mol. The lowest BCUT2D eigenvalue weighted by Crippen LogP contribution is -2.41. The highest BCUT2D eigenvalue weighted by molar-refractivity contribution is 6.62. The van der Waals surface area contributed by atoms with E-state index in [9.17, 15) is 4.79 Å². The summed E-state index contributed by atoms with van der Waals surface area (Å²) in [6, 6.07) is 6.23. The third-order valence-electron chi connectivity index (χ3n) is 6.08. The van der Waals surface area contributed by atoms with E-state index in [4.69, 9.17) is 14.4 Å². The fraction of sp³-hybridized carbons (Fsp3) is 0.500. The van der Waals surface area contributed by atoms with Gasteiger partial charge in [-0.05, 0) is 50.8 Å². The maximum atomic E-state index is 11.2. The number of carboxylic acid groups (broad SMARTS) is 1. The first-order chi connectivity index (χ1) is 13.1. The first-order valence-corrected chi connectivity index (χ1v) is 9.61. The number of fused-ring (bicyclic) bond motifs is 1. The van der Waals surface area contributed by atoms with Gasteiger partial charge in [-0.15, -0.1) is 0 Å². The average molecular weight is 383 g/mol. The smallest absolute Gasteiger partial charge is 0.465 e. The molecule has 0 saturated carbocycles. The molecule has 0 radical (unpaired) electrons. The van der Waals surface area contributed by atoms with E-state index in [1.165, 1.54) is 10.5 Å². The van der Waals surface area contributed by atoms with Crippen LogP contribution in [-0.2, 0) is 28.8 Å². The van der Waals surface area contributed by atoms with Gasteiger partial charge in [-0.25, -0.2) is 4.79 Å². The van der Waals surface area contributed by atoms with E-state index in [1.807, 2.05) is 50.7 Å². The van der Waals surface area contributed by atoms with Crippen LogP contribution in [-0.4, -0.2) is 50.7 Å². The molecule has 2 aliphatic rings. The van der Waals surface area contributed by atoms with Crippen LogP contribution in [0.1, 0.15) is 44.4 Å². The highest BCUT2D eigenvalue weighted by atomic mass is 16.7. The molecule has 28 heavy (non-hydrogen) atoms. The molecule has 0 unspecified atom stereocenters.